The van der Waals surface area contributed by atoms with Gasteiger partial charge >= 0.3 is 0 Å². The summed E-state index contributed by atoms with van der Waals surface area (Å²) in [6.07, 6.45) is 0.777. The summed E-state index contributed by atoms with van der Waals surface area (Å²) >= 11 is 0. The van der Waals surface area contributed by atoms with E-state index < -0.39 is 12.0 Å². The lowest BCUT2D eigenvalue weighted by atomic mass is 9.89. The molecule has 3 nitrogen and oxygen atoms in total. The van der Waals surface area contributed by atoms with Crippen LogP contribution < -0.4 is 0 Å². The Morgan fingerprint density at radius 3 is 1.73 bits per heavy atom. The molecule has 0 saturated carbocycles. The molecule has 0 fully saturated rings. The highest BCUT2D eigenvalue weighted by molar-refractivity contribution is 5.94. The van der Waals surface area contributed by atoms with Crippen LogP contribution in [-0.2, 0) is 9.59 Å². The van der Waals surface area contributed by atoms with E-state index in [1.54, 1.807) is 4.90 Å². The fourth-order valence-electron chi connectivity index (χ4n) is 3.37. The monoisotopic (exact) mass is 349 g/mol. The number of nitrogens with zero attached hydrogens (tertiary/aromatic N) is 1. The summed E-state index contributed by atoms with van der Waals surface area (Å²) < 4.78 is 0. The molecule has 0 N–H and O–H groups in total. The molecule has 0 aromatic heterocycles. The van der Waals surface area contributed by atoms with Crippen LogP contribution in [0.15, 0.2) is 72.8 Å². The third-order valence-electron chi connectivity index (χ3n) is 4.42. The van der Waals surface area contributed by atoms with E-state index >= 15 is 0 Å². The van der Waals surface area contributed by atoms with Crippen LogP contribution in [0.1, 0.15) is 44.2 Å². The number of carbonyl (C=O) groups excluding carboxylic acids is 2. The molecule has 136 valence electrons. The minimum Gasteiger partial charge on any atom is -0.328 e. The molecule has 0 spiro atoms. The Labute approximate surface area is 156 Å². The van der Waals surface area contributed by atoms with Gasteiger partial charge in [0, 0.05) is 6.54 Å². The number of hydrogen-bond acceptors (Lipinski definition) is 2. The van der Waals surface area contributed by atoms with Crippen LogP contribution in [0, 0.1) is 0 Å². The van der Waals surface area contributed by atoms with E-state index in [-0.39, 0.29) is 11.7 Å². The smallest absolute Gasteiger partial charge is 0.235 e. The van der Waals surface area contributed by atoms with Crippen molar-refractivity contribution in [3.8, 4) is 0 Å². The molecule has 2 aromatic carbocycles. The van der Waals surface area contributed by atoms with Gasteiger partial charge in [-0.2, -0.15) is 0 Å². The maximum absolute atomic E-state index is 13.6. The molecule has 1 atom stereocenters. The van der Waals surface area contributed by atoms with Gasteiger partial charge in [-0.15, -0.1) is 0 Å². The van der Waals surface area contributed by atoms with E-state index in [0.717, 1.165) is 17.5 Å². The number of amides is 1. The quantitative estimate of drug-likeness (QED) is 0.654. The van der Waals surface area contributed by atoms with E-state index in [9.17, 15) is 9.59 Å². The van der Waals surface area contributed by atoms with E-state index in [1.165, 1.54) is 6.92 Å². The summed E-state index contributed by atoms with van der Waals surface area (Å²) in [4.78, 5) is 27.6. The molecular weight excluding hydrogens is 322 g/mol. The largest absolute Gasteiger partial charge is 0.328 e. The van der Waals surface area contributed by atoms with E-state index in [2.05, 4.69) is 6.58 Å². The lowest BCUT2D eigenvalue weighted by Crippen LogP contribution is -2.47. The molecular formula is C23H27NO2. The summed E-state index contributed by atoms with van der Waals surface area (Å²) in [5.41, 5.74) is 2.54. The van der Waals surface area contributed by atoms with Crippen molar-refractivity contribution in [3.63, 3.8) is 0 Å². The van der Waals surface area contributed by atoms with E-state index in [0.29, 0.717) is 12.1 Å². The van der Waals surface area contributed by atoms with Crippen LogP contribution in [0.2, 0.25) is 0 Å². The topological polar surface area (TPSA) is 37.4 Å². The Balaban J connectivity index is 2.53. The SMILES string of the molecule is C=C(C)C(C(C)=O)N(CCC)C(=O)C(c1ccccc1)c1ccccc1. The average molecular weight is 349 g/mol. The maximum atomic E-state index is 13.6. The van der Waals surface area contributed by atoms with Crippen LogP contribution in [0.5, 0.6) is 0 Å². The van der Waals surface area contributed by atoms with E-state index in [4.69, 9.17) is 0 Å². The predicted octanol–water partition coefficient (Wildman–Crippen LogP) is 4.59. The van der Waals surface area contributed by atoms with Gasteiger partial charge in [0.15, 0.2) is 5.78 Å². The van der Waals surface area contributed by atoms with Gasteiger partial charge in [0.1, 0.15) is 6.04 Å². The number of hydrogen-bond donors (Lipinski definition) is 0. The highest BCUT2D eigenvalue weighted by Gasteiger charge is 2.33. The normalized spacial score (nSPS) is 11.8. The molecule has 0 heterocycles. The summed E-state index contributed by atoms with van der Waals surface area (Å²) in [6.45, 7) is 9.81. The highest BCUT2D eigenvalue weighted by atomic mass is 16.2. The standard InChI is InChI=1S/C23H27NO2/c1-5-16-24(22(17(2)3)18(4)25)23(26)21(19-12-8-6-9-13-19)20-14-10-7-11-15-20/h6-15,21-22H,2,5,16H2,1,3-4H3. The number of ketones is 1. The Hall–Kier alpha value is -2.68. The van der Waals surface area contributed by atoms with Crippen LogP contribution in [-0.4, -0.2) is 29.2 Å². The molecule has 0 aliphatic heterocycles. The summed E-state index contributed by atoms with van der Waals surface area (Å²) in [7, 11) is 0. The lowest BCUT2D eigenvalue weighted by Gasteiger charge is -2.33. The van der Waals surface area contributed by atoms with Crippen molar-refractivity contribution in [1.82, 2.24) is 4.90 Å². The van der Waals surface area contributed by atoms with Gasteiger partial charge in [-0.1, -0.05) is 79.7 Å². The van der Waals surface area contributed by atoms with E-state index in [1.807, 2.05) is 74.5 Å². The third kappa shape index (κ3) is 4.48. The average Bonchev–Trinajstić information content (AvgIpc) is 2.62. The molecule has 0 aliphatic carbocycles. The molecule has 2 rings (SSSR count). The summed E-state index contributed by atoms with van der Waals surface area (Å²) in [5, 5.41) is 0. The first-order valence-corrected chi connectivity index (χ1v) is 9.03. The number of Topliss-reactive ketones (excluding diaryl/α,β-unsaturated/α-hetero) is 1. The molecule has 0 radical (unpaired) electrons. The van der Waals surface area contributed by atoms with Crippen LogP contribution in [0.3, 0.4) is 0 Å². The third-order valence-corrected chi connectivity index (χ3v) is 4.42. The second-order valence-electron chi connectivity index (χ2n) is 6.65. The number of rotatable bonds is 8. The van der Waals surface area contributed by atoms with Crippen molar-refractivity contribution in [2.24, 2.45) is 0 Å². The van der Waals surface area contributed by atoms with Gasteiger partial charge in [-0.3, -0.25) is 9.59 Å². The molecule has 2 aromatic rings. The fraction of sp³-hybridized carbons (Fsp3) is 0.304. The van der Waals surface area contributed by atoms with Gasteiger partial charge in [0.25, 0.3) is 0 Å². The zero-order chi connectivity index (χ0) is 19.1. The Bertz CT molecular complexity index is 699. The molecule has 26 heavy (non-hydrogen) atoms. The molecule has 0 bridgehead atoms. The Kier molecular flexibility index (Phi) is 6.90. The van der Waals surface area contributed by atoms with Gasteiger partial charge in [-0.05, 0) is 31.4 Å². The van der Waals surface area contributed by atoms with Crippen molar-refractivity contribution in [3.05, 3.63) is 83.9 Å². The zero-order valence-electron chi connectivity index (χ0n) is 15.8. The minimum absolute atomic E-state index is 0.0563. The first-order chi connectivity index (χ1) is 12.5. The molecule has 0 saturated heterocycles. The van der Waals surface area contributed by atoms with Gasteiger partial charge in [0.2, 0.25) is 5.91 Å². The van der Waals surface area contributed by atoms with Gasteiger partial charge < -0.3 is 4.90 Å². The fourth-order valence-corrected chi connectivity index (χ4v) is 3.37. The molecule has 1 amide bonds. The van der Waals surface area contributed by atoms with Gasteiger partial charge in [0.05, 0.1) is 5.92 Å². The van der Waals surface area contributed by atoms with Gasteiger partial charge in [-0.25, -0.2) is 0 Å². The second kappa shape index (κ2) is 9.14. The number of benzene rings is 2. The minimum atomic E-state index is -0.586. The Morgan fingerprint density at radius 1 is 0.923 bits per heavy atom. The predicted molar refractivity (Wildman–Crippen MR) is 106 cm³/mol. The van der Waals surface area contributed by atoms with Crippen molar-refractivity contribution in [2.75, 3.05) is 6.54 Å². The van der Waals surface area contributed by atoms with Crippen molar-refractivity contribution in [2.45, 2.75) is 39.2 Å². The van der Waals surface area contributed by atoms with Crippen LogP contribution in [0.25, 0.3) is 0 Å². The first-order valence-electron chi connectivity index (χ1n) is 9.03. The summed E-state index contributed by atoms with van der Waals surface area (Å²) in [5.74, 6) is -0.559. The van der Waals surface area contributed by atoms with Crippen LogP contribution in [0.4, 0.5) is 0 Å². The second-order valence-corrected chi connectivity index (χ2v) is 6.65. The molecule has 3 heteroatoms. The van der Waals surface area contributed by atoms with Crippen LogP contribution >= 0.6 is 0 Å². The van der Waals surface area contributed by atoms with Crippen molar-refractivity contribution in [1.29, 1.82) is 0 Å². The van der Waals surface area contributed by atoms with Crippen molar-refractivity contribution >= 4 is 11.7 Å². The highest BCUT2D eigenvalue weighted by Crippen LogP contribution is 2.28. The first kappa shape index (κ1) is 19.6. The number of carbonyl (C=O) groups is 2. The van der Waals surface area contributed by atoms with Crippen molar-refractivity contribution < 1.29 is 9.59 Å². The summed E-state index contributed by atoms with van der Waals surface area (Å²) in [6, 6.07) is 18.9. The lowest BCUT2D eigenvalue weighted by molar-refractivity contribution is -0.138. The maximum Gasteiger partial charge on any atom is 0.235 e. The Morgan fingerprint density at radius 2 is 1.38 bits per heavy atom. The molecule has 1 unspecified atom stereocenters. The zero-order valence-corrected chi connectivity index (χ0v) is 15.8. The molecule has 0 aliphatic rings.